The van der Waals surface area contributed by atoms with Gasteiger partial charge in [0, 0.05) is 101 Å². The van der Waals surface area contributed by atoms with Crippen LogP contribution < -0.4 is 26.1 Å². The third-order valence-electron chi connectivity index (χ3n) is 13.1. The summed E-state index contributed by atoms with van der Waals surface area (Å²) in [5.74, 6) is 0.663. The second-order valence-electron chi connectivity index (χ2n) is 16.4. The highest BCUT2D eigenvalue weighted by Crippen LogP contribution is 2.50. The number of fused-ring (bicyclic) bond motifs is 3. The van der Waals surface area contributed by atoms with E-state index in [1.54, 1.807) is 11.6 Å². The zero-order chi connectivity index (χ0) is 36.7. The number of aromatic amines is 1. The third kappa shape index (κ3) is 5.70. The SMILES string of the molecule is Cn1c(=O)n(C2CCC(=O)NC2=O)c2ccc(N3CC(CN4CCC(N5CCN(c6nccc(-c7cc8c([nH]7)C7(CC7)CNC8=O)n6)CC5)CC4)C3)cc21. The van der Waals surface area contributed by atoms with Crippen molar-refractivity contribution in [1.82, 2.24) is 44.5 Å². The monoisotopic (exact) mass is 733 g/mol. The van der Waals surface area contributed by atoms with E-state index >= 15 is 0 Å². The van der Waals surface area contributed by atoms with Crippen LogP contribution in [0.4, 0.5) is 11.6 Å². The van der Waals surface area contributed by atoms with Crippen molar-refractivity contribution >= 4 is 40.4 Å². The van der Waals surface area contributed by atoms with Crippen LogP contribution in [-0.4, -0.2) is 123 Å². The number of anilines is 2. The number of benzene rings is 1. The van der Waals surface area contributed by atoms with E-state index in [0.29, 0.717) is 24.9 Å². The van der Waals surface area contributed by atoms with Gasteiger partial charge in [-0.05, 0) is 75.5 Å². The molecule has 1 aliphatic carbocycles. The maximum absolute atomic E-state index is 13.2. The average Bonchev–Trinajstić information content (AvgIpc) is 3.73. The Balaban J connectivity index is 0.702. The van der Waals surface area contributed by atoms with E-state index in [9.17, 15) is 19.2 Å². The number of piperazine rings is 1. The van der Waals surface area contributed by atoms with Gasteiger partial charge in [0.2, 0.25) is 17.8 Å². The predicted octanol–water partition coefficient (Wildman–Crippen LogP) is 1.60. The third-order valence-corrected chi connectivity index (χ3v) is 13.1. The molecule has 1 atom stereocenters. The summed E-state index contributed by atoms with van der Waals surface area (Å²) in [6, 6.07) is 9.86. The summed E-state index contributed by atoms with van der Waals surface area (Å²) in [4.78, 5) is 73.1. The van der Waals surface area contributed by atoms with E-state index in [-0.39, 0.29) is 29.3 Å². The van der Waals surface area contributed by atoms with Crippen molar-refractivity contribution < 1.29 is 14.4 Å². The lowest BCUT2D eigenvalue weighted by Gasteiger charge is -2.46. The van der Waals surface area contributed by atoms with Gasteiger partial charge in [-0.3, -0.25) is 33.7 Å². The van der Waals surface area contributed by atoms with Crippen LogP contribution in [0.5, 0.6) is 0 Å². The molecule has 1 saturated carbocycles. The Morgan fingerprint density at radius 3 is 2.44 bits per heavy atom. The Bertz CT molecular complexity index is 2210. The molecule has 1 aromatic carbocycles. The van der Waals surface area contributed by atoms with Crippen molar-refractivity contribution in [3.8, 4) is 11.4 Å². The zero-order valence-corrected chi connectivity index (χ0v) is 30.7. The number of amides is 3. The first-order valence-corrected chi connectivity index (χ1v) is 19.6. The molecular weight excluding hydrogens is 687 g/mol. The largest absolute Gasteiger partial charge is 0.371 e. The molecule has 15 heteroatoms. The van der Waals surface area contributed by atoms with Gasteiger partial charge in [0.05, 0.1) is 28.0 Å². The number of hydrogen-bond donors (Lipinski definition) is 3. The summed E-state index contributed by atoms with van der Waals surface area (Å²) < 4.78 is 3.15. The molecule has 3 amide bonds. The number of imidazole rings is 1. The molecule has 5 fully saturated rings. The minimum absolute atomic E-state index is 0.000571. The molecule has 15 nitrogen and oxygen atoms in total. The smallest absolute Gasteiger partial charge is 0.329 e. The van der Waals surface area contributed by atoms with Crippen molar-refractivity contribution in [3.05, 3.63) is 58.3 Å². The van der Waals surface area contributed by atoms with E-state index < -0.39 is 11.9 Å². The molecule has 3 aromatic heterocycles. The molecule has 8 heterocycles. The van der Waals surface area contributed by atoms with Crippen LogP contribution in [0.2, 0.25) is 0 Å². The Hall–Kier alpha value is -5.02. The minimum atomic E-state index is -0.672. The Labute approximate surface area is 312 Å². The Kier molecular flexibility index (Phi) is 7.95. The van der Waals surface area contributed by atoms with Gasteiger partial charge in [-0.25, -0.2) is 14.8 Å². The Morgan fingerprint density at radius 2 is 1.69 bits per heavy atom. The van der Waals surface area contributed by atoms with Crippen LogP contribution in [0.3, 0.4) is 0 Å². The molecule has 4 saturated heterocycles. The highest BCUT2D eigenvalue weighted by atomic mass is 16.2. The fourth-order valence-corrected chi connectivity index (χ4v) is 9.65. The molecule has 54 heavy (non-hydrogen) atoms. The molecule has 6 aliphatic rings. The number of aryl methyl sites for hydroxylation is 1. The molecule has 1 unspecified atom stereocenters. The van der Waals surface area contributed by atoms with Crippen molar-refractivity contribution in [2.75, 3.05) is 75.2 Å². The van der Waals surface area contributed by atoms with Crippen LogP contribution in [0.15, 0.2) is 41.3 Å². The molecule has 10 rings (SSSR count). The van der Waals surface area contributed by atoms with Gasteiger partial charge in [0.15, 0.2) is 0 Å². The first kappa shape index (κ1) is 33.5. The number of H-pyrrole nitrogens is 1. The molecule has 5 aliphatic heterocycles. The normalized spacial score (nSPS) is 23.8. The summed E-state index contributed by atoms with van der Waals surface area (Å²) in [5.41, 5.74) is 6.01. The van der Waals surface area contributed by atoms with Crippen LogP contribution in [0.1, 0.15) is 60.6 Å². The summed E-state index contributed by atoms with van der Waals surface area (Å²) in [6.45, 7) is 9.83. The molecule has 4 aromatic rings. The predicted molar refractivity (Wildman–Crippen MR) is 203 cm³/mol. The number of likely N-dealkylation sites (tertiary alicyclic amines) is 1. The van der Waals surface area contributed by atoms with Gasteiger partial charge >= 0.3 is 5.69 Å². The molecule has 0 bridgehead atoms. The lowest BCUT2D eigenvalue weighted by molar-refractivity contribution is -0.135. The lowest BCUT2D eigenvalue weighted by Crippen LogP contribution is -2.56. The molecular formula is C39H47N11O4. The highest BCUT2D eigenvalue weighted by Gasteiger charge is 2.50. The molecule has 0 radical (unpaired) electrons. The van der Waals surface area contributed by atoms with E-state index in [1.165, 1.54) is 17.4 Å². The number of hydrogen-bond acceptors (Lipinski definition) is 10. The maximum atomic E-state index is 13.2. The minimum Gasteiger partial charge on any atom is -0.371 e. The van der Waals surface area contributed by atoms with Gasteiger partial charge in [0.1, 0.15) is 6.04 Å². The number of rotatable bonds is 7. The van der Waals surface area contributed by atoms with E-state index in [1.807, 2.05) is 30.5 Å². The topological polar surface area (TPSA) is 157 Å². The maximum Gasteiger partial charge on any atom is 0.329 e. The van der Waals surface area contributed by atoms with Crippen LogP contribution in [0, 0.1) is 5.92 Å². The lowest BCUT2D eigenvalue weighted by atomic mass is 9.95. The fraction of sp³-hybridized carbons (Fsp3) is 0.538. The van der Waals surface area contributed by atoms with Crippen LogP contribution in [-0.2, 0) is 22.1 Å². The molecule has 282 valence electrons. The summed E-state index contributed by atoms with van der Waals surface area (Å²) in [6.07, 6.45) is 6.98. The zero-order valence-electron chi connectivity index (χ0n) is 30.7. The molecule has 1 spiro atoms. The van der Waals surface area contributed by atoms with E-state index in [2.05, 4.69) is 46.3 Å². The van der Waals surface area contributed by atoms with Gasteiger partial charge in [0.25, 0.3) is 5.91 Å². The Morgan fingerprint density at radius 1 is 0.889 bits per heavy atom. The first-order valence-electron chi connectivity index (χ1n) is 19.6. The van der Waals surface area contributed by atoms with Crippen LogP contribution in [0.25, 0.3) is 22.4 Å². The van der Waals surface area contributed by atoms with Gasteiger partial charge < -0.3 is 25.0 Å². The van der Waals surface area contributed by atoms with Crippen molar-refractivity contribution in [2.45, 2.75) is 56.0 Å². The van der Waals surface area contributed by atoms with Gasteiger partial charge in [-0.15, -0.1) is 0 Å². The van der Waals surface area contributed by atoms with Crippen molar-refractivity contribution in [3.63, 3.8) is 0 Å². The van der Waals surface area contributed by atoms with Gasteiger partial charge in [-0.2, -0.15) is 0 Å². The molecule has 3 N–H and O–H groups in total. The number of carbonyl (C=O) groups is 3. The van der Waals surface area contributed by atoms with E-state index in [4.69, 9.17) is 4.98 Å². The quantitative estimate of drug-likeness (QED) is 0.239. The highest BCUT2D eigenvalue weighted by molar-refractivity contribution is 6.00. The number of imide groups is 1. The van der Waals surface area contributed by atoms with Crippen molar-refractivity contribution in [1.29, 1.82) is 0 Å². The number of piperidine rings is 2. The van der Waals surface area contributed by atoms with Crippen molar-refractivity contribution in [2.24, 2.45) is 13.0 Å². The average molecular weight is 734 g/mol. The van der Waals surface area contributed by atoms with Gasteiger partial charge in [-0.1, -0.05) is 0 Å². The van der Waals surface area contributed by atoms with Crippen LogP contribution >= 0.6 is 0 Å². The first-order chi connectivity index (χ1) is 26.2. The second kappa shape index (κ2) is 12.8. The number of nitrogens with zero attached hydrogens (tertiary/aromatic N) is 8. The number of carbonyl (C=O) groups excluding carboxylic acids is 3. The van der Waals surface area contributed by atoms with E-state index in [0.717, 1.165) is 117 Å². The second-order valence-corrected chi connectivity index (χ2v) is 16.4. The summed E-state index contributed by atoms with van der Waals surface area (Å²) in [7, 11) is 1.74. The number of aromatic nitrogens is 5. The fourth-order valence-electron chi connectivity index (χ4n) is 9.65. The number of nitrogens with one attached hydrogen (secondary N) is 3. The standard InChI is InChI=1S/C39H47N11O4/c1-45-32-18-26(2-3-30(32)50(38(45)54)31-4-5-33(51)44-36(31)53)49-21-24(22-49)20-46-12-7-25(8-13-46)47-14-16-48(17-15-47)37-40-11-6-28(43-37)29-19-27-34(42-29)39(9-10-39)23-41-35(27)52/h2-3,6,11,18-19,24-25,31,42H,4-5,7-10,12-17,20-23H2,1H3,(H,41,52)(H,44,51,53). The summed E-state index contributed by atoms with van der Waals surface area (Å²) >= 11 is 0. The summed E-state index contributed by atoms with van der Waals surface area (Å²) in [5, 5.41) is 5.44.